The molecular formula is C26H27N5O6. The van der Waals surface area contributed by atoms with Crippen LogP contribution in [-0.2, 0) is 14.3 Å². The van der Waals surface area contributed by atoms with E-state index in [2.05, 4.69) is 9.88 Å². The fourth-order valence-electron chi connectivity index (χ4n) is 5.07. The van der Waals surface area contributed by atoms with Crippen molar-refractivity contribution in [2.24, 2.45) is 0 Å². The molecule has 1 amide bonds. The van der Waals surface area contributed by atoms with Gasteiger partial charge in [-0.15, -0.1) is 0 Å². The summed E-state index contributed by atoms with van der Waals surface area (Å²) in [5.41, 5.74) is 2.39. The molecule has 192 valence electrons. The number of hydrogen-bond acceptors (Lipinski definition) is 8. The van der Waals surface area contributed by atoms with Gasteiger partial charge in [0.1, 0.15) is 11.3 Å². The van der Waals surface area contributed by atoms with E-state index in [1.165, 1.54) is 23.1 Å². The molecule has 37 heavy (non-hydrogen) atoms. The van der Waals surface area contributed by atoms with Crippen LogP contribution in [0.15, 0.2) is 48.2 Å². The second-order valence-electron chi connectivity index (χ2n) is 9.23. The highest BCUT2D eigenvalue weighted by Crippen LogP contribution is 2.40. The minimum absolute atomic E-state index is 0.112. The number of likely N-dealkylation sites (tertiary alicyclic amines) is 1. The van der Waals surface area contributed by atoms with Gasteiger partial charge in [-0.2, -0.15) is 0 Å². The highest BCUT2D eigenvalue weighted by Gasteiger charge is 2.47. The lowest BCUT2D eigenvalue weighted by molar-refractivity contribution is -0.384. The number of rotatable bonds is 6. The van der Waals surface area contributed by atoms with E-state index >= 15 is 0 Å². The van der Waals surface area contributed by atoms with Gasteiger partial charge in [-0.05, 0) is 31.0 Å². The number of aryl methyl sites for hydroxylation is 2. The lowest BCUT2D eigenvalue weighted by Crippen LogP contribution is -2.42. The van der Waals surface area contributed by atoms with Crippen molar-refractivity contribution in [1.29, 1.82) is 0 Å². The van der Waals surface area contributed by atoms with E-state index in [1.54, 1.807) is 29.7 Å². The minimum atomic E-state index is -0.990. The molecule has 0 aliphatic carbocycles. The lowest BCUT2D eigenvalue weighted by atomic mass is 9.96. The van der Waals surface area contributed by atoms with Gasteiger partial charge >= 0.3 is 0 Å². The van der Waals surface area contributed by atoms with E-state index in [9.17, 15) is 24.8 Å². The van der Waals surface area contributed by atoms with E-state index < -0.39 is 22.7 Å². The smallest absolute Gasteiger partial charge is 0.295 e. The van der Waals surface area contributed by atoms with E-state index in [1.807, 2.05) is 13.0 Å². The number of aliphatic hydroxyl groups excluding tert-OH is 1. The molecule has 0 radical (unpaired) electrons. The zero-order chi connectivity index (χ0) is 26.3. The summed E-state index contributed by atoms with van der Waals surface area (Å²) in [6.07, 6.45) is 1.73. The van der Waals surface area contributed by atoms with Crippen LogP contribution in [0.1, 0.15) is 28.6 Å². The molecule has 1 atom stereocenters. The number of aromatic nitrogens is 2. The van der Waals surface area contributed by atoms with Gasteiger partial charge in [-0.25, -0.2) is 4.98 Å². The second-order valence-corrected chi connectivity index (χ2v) is 9.23. The predicted octanol–water partition coefficient (Wildman–Crippen LogP) is 2.61. The third-order valence-corrected chi connectivity index (χ3v) is 6.94. The molecule has 2 fully saturated rings. The number of carbonyl (C=O) groups excluding carboxylic acids is 2. The van der Waals surface area contributed by atoms with Crippen molar-refractivity contribution in [3.8, 4) is 0 Å². The Morgan fingerprint density at radius 3 is 2.65 bits per heavy atom. The number of hydrogen-bond donors (Lipinski definition) is 1. The Morgan fingerprint density at radius 2 is 1.92 bits per heavy atom. The zero-order valence-electron chi connectivity index (χ0n) is 20.6. The molecule has 0 bridgehead atoms. The number of amides is 1. The van der Waals surface area contributed by atoms with Crippen LogP contribution in [0.3, 0.4) is 0 Å². The summed E-state index contributed by atoms with van der Waals surface area (Å²) in [4.78, 5) is 45.8. The highest BCUT2D eigenvalue weighted by molar-refractivity contribution is 6.46. The molecule has 1 aromatic carbocycles. The van der Waals surface area contributed by atoms with E-state index in [0.29, 0.717) is 55.4 Å². The fraction of sp³-hybridized carbons (Fsp3) is 0.346. The molecule has 2 aliphatic heterocycles. The van der Waals surface area contributed by atoms with Gasteiger partial charge in [0.2, 0.25) is 0 Å². The van der Waals surface area contributed by atoms with Crippen LogP contribution in [0.25, 0.3) is 11.4 Å². The Morgan fingerprint density at radius 1 is 1.16 bits per heavy atom. The van der Waals surface area contributed by atoms with Gasteiger partial charge in [0.25, 0.3) is 17.4 Å². The predicted molar refractivity (Wildman–Crippen MR) is 134 cm³/mol. The third kappa shape index (κ3) is 4.36. The Hall–Kier alpha value is -4.09. The van der Waals surface area contributed by atoms with Crippen LogP contribution >= 0.6 is 0 Å². The molecule has 2 aromatic heterocycles. The van der Waals surface area contributed by atoms with Gasteiger partial charge in [0, 0.05) is 44.5 Å². The van der Waals surface area contributed by atoms with Crippen LogP contribution in [-0.4, -0.2) is 80.3 Å². The van der Waals surface area contributed by atoms with Gasteiger partial charge in [0.05, 0.1) is 35.4 Å². The Balaban J connectivity index is 1.65. The summed E-state index contributed by atoms with van der Waals surface area (Å²) in [6, 6.07) is 8.54. The van der Waals surface area contributed by atoms with Crippen molar-refractivity contribution < 1.29 is 24.4 Å². The van der Waals surface area contributed by atoms with Gasteiger partial charge in [-0.1, -0.05) is 18.2 Å². The largest absolute Gasteiger partial charge is 0.505 e. The summed E-state index contributed by atoms with van der Waals surface area (Å²) in [5.74, 6) is -1.95. The molecule has 0 saturated carbocycles. The van der Waals surface area contributed by atoms with Gasteiger partial charge in [0.15, 0.2) is 5.76 Å². The first-order valence-corrected chi connectivity index (χ1v) is 12.1. The van der Waals surface area contributed by atoms with Crippen molar-refractivity contribution in [1.82, 2.24) is 19.2 Å². The monoisotopic (exact) mass is 505 g/mol. The first-order valence-electron chi connectivity index (χ1n) is 12.1. The normalized spacial score (nSPS) is 20.2. The molecule has 11 heteroatoms. The lowest BCUT2D eigenvalue weighted by Gasteiger charge is -2.31. The number of ether oxygens (including phenoxy) is 1. The summed E-state index contributed by atoms with van der Waals surface area (Å²) in [7, 11) is 0. The average Bonchev–Trinajstić information content (AvgIpc) is 3.37. The number of imidazole rings is 1. The van der Waals surface area contributed by atoms with Crippen LogP contribution in [0, 0.1) is 24.0 Å². The average molecular weight is 506 g/mol. The quantitative estimate of drug-likeness (QED) is 0.178. The van der Waals surface area contributed by atoms with Crippen molar-refractivity contribution in [2.75, 3.05) is 39.4 Å². The molecule has 0 spiro atoms. The third-order valence-electron chi connectivity index (χ3n) is 6.94. The highest BCUT2D eigenvalue weighted by atomic mass is 16.6. The van der Waals surface area contributed by atoms with Crippen molar-refractivity contribution in [2.45, 2.75) is 19.9 Å². The number of benzene rings is 1. The second kappa shape index (κ2) is 9.75. The molecule has 2 aliphatic rings. The zero-order valence-corrected chi connectivity index (χ0v) is 20.6. The van der Waals surface area contributed by atoms with E-state index in [0.717, 1.165) is 5.56 Å². The Kier molecular flexibility index (Phi) is 6.48. The Bertz CT molecular complexity index is 1440. The molecule has 4 heterocycles. The molecule has 3 aromatic rings. The van der Waals surface area contributed by atoms with Crippen molar-refractivity contribution in [3.63, 3.8) is 0 Å². The first kappa shape index (κ1) is 24.6. The number of pyridine rings is 1. The van der Waals surface area contributed by atoms with Crippen LogP contribution < -0.4 is 0 Å². The summed E-state index contributed by atoms with van der Waals surface area (Å²) in [5, 5.41) is 23.1. The maximum Gasteiger partial charge on any atom is 0.295 e. The number of nitro groups is 1. The van der Waals surface area contributed by atoms with Gasteiger partial charge < -0.3 is 14.7 Å². The number of Topliss-reactive ketones (excluding diaryl/α,β-unsaturated/α-hetero) is 1. The van der Waals surface area contributed by atoms with Crippen LogP contribution in [0.4, 0.5) is 5.69 Å². The molecule has 0 unspecified atom stereocenters. The number of ketones is 1. The maximum absolute atomic E-state index is 13.4. The van der Waals surface area contributed by atoms with E-state index in [-0.39, 0.29) is 23.6 Å². The first-order chi connectivity index (χ1) is 17.8. The minimum Gasteiger partial charge on any atom is -0.505 e. The summed E-state index contributed by atoms with van der Waals surface area (Å²) < 4.78 is 7.08. The molecule has 2 saturated heterocycles. The topological polar surface area (TPSA) is 131 Å². The fourth-order valence-corrected chi connectivity index (χ4v) is 5.07. The summed E-state index contributed by atoms with van der Waals surface area (Å²) in [6.45, 7) is 6.88. The molecule has 1 N–H and O–H groups in total. The molecule has 5 rings (SSSR count). The number of morpholine rings is 1. The number of nitro benzene ring substituents is 1. The summed E-state index contributed by atoms with van der Waals surface area (Å²) >= 11 is 0. The van der Waals surface area contributed by atoms with Crippen molar-refractivity contribution >= 4 is 28.8 Å². The van der Waals surface area contributed by atoms with Gasteiger partial charge in [-0.3, -0.25) is 29.0 Å². The molecular weight excluding hydrogens is 478 g/mol. The van der Waals surface area contributed by atoms with Crippen LogP contribution in [0.2, 0.25) is 0 Å². The maximum atomic E-state index is 13.4. The standard InChI is InChI=1S/C26H27N5O6/c1-16-5-4-8-29-21(17(2)27-25(16)29)23(32)20-22(18-6-3-7-19(15-18)31(35)36)30(26(34)24(20)33)10-9-28-11-13-37-14-12-28/h3-8,15,22,32H,9-14H2,1-2H3/b23-20+/t22-/m0/s1. The number of aliphatic hydroxyl groups is 1. The number of carbonyl (C=O) groups is 2. The molecule has 11 nitrogen and oxygen atoms in total. The number of nitrogens with zero attached hydrogens (tertiary/aromatic N) is 5. The van der Waals surface area contributed by atoms with Crippen LogP contribution in [0.5, 0.6) is 0 Å². The van der Waals surface area contributed by atoms with Crippen molar-refractivity contribution in [3.05, 3.63) is 80.8 Å². The Labute approximate surface area is 212 Å². The number of fused-ring (bicyclic) bond motifs is 1. The number of non-ortho nitro benzene ring substituents is 1. The SMILES string of the molecule is Cc1nc2c(C)cccn2c1/C(O)=C1\C(=O)C(=O)N(CCN2CCOCC2)[C@H]1c1cccc([N+](=O)[O-])c1. The van der Waals surface area contributed by atoms with E-state index in [4.69, 9.17) is 4.74 Å².